The molecule has 0 saturated heterocycles. The number of nitrogens with zero attached hydrogens (tertiary/aromatic N) is 3. The Bertz CT molecular complexity index is 4080. The maximum absolute atomic E-state index is 12.7. The molecule has 0 fully saturated rings. The molecule has 0 radical (unpaired) electrons. The summed E-state index contributed by atoms with van der Waals surface area (Å²) in [5.41, 5.74) is -8.55. The van der Waals surface area contributed by atoms with Gasteiger partial charge in [-0.3, -0.25) is 9.55 Å². The third kappa shape index (κ3) is 9.12. The molecule has 4 heteroatoms. The van der Waals surface area contributed by atoms with E-state index in [0.717, 1.165) is 5.56 Å². The molecule has 0 aliphatic carbocycles. The van der Waals surface area contributed by atoms with E-state index in [1.807, 2.05) is 80.5 Å². The van der Waals surface area contributed by atoms with Gasteiger partial charge in [-0.05, 0) is 120 Å². The molecule has 0 spiro atoms. The van der Waals surface area contributed by atoms with Crippen LogP contribution in [0.2, 0.25) is 0 Å². The Morgan fingerprint density at radius 1 is 0.500 bits per heavy atom. The monoisotopic (exact) mass is 897 g/mol. The lowest BCUT2D eigenvalue weighted by atomic mass is 9.79. The molecule has 0 atom stereocenters. The van der Waals surface area contributed by atoms with Crippen molar-refractivity contribution in [3.63, 3.8) is 0 Å². The van der Waals surface area contributed by atoms with Gasteiger partial charge in [-0.1, -0.05) is 188 Å². The molecular formula is C62H69N3O. The molecule has 0 aliphatic rings. The molecule has 2 heterocycles. The molecule has 0 aliphatic heterocycles. The number of benzene rings is 6. The Morgan fingerprint density at radius 2 is 1.14 bits per heavy atom. The third-order valence-electron chi connectivity index (χ3n) is 11.7. The second kappa shape index (κ2) is 16.6. The smallest absolute Gasteiger partial charge is 0.149 e. The summed E-state index contributed by atoms with van der Waals surface area (Å²) in [6, 6.07) is 19.7. The maximum Gasteiger partial charge on any atom is 0.149 e. The Balaban J connectivity index is 1.52. The fourth-order valence-electron chi connectivity index (χ4n) is 7.94. The lowest BCUT2D eigenvalue weighted by molar-refractivity contribution is 0.446. The minimum absolute atomic E-state index is 0.116. The number of hydrogen-bond donors (Lipinski definition) is 1. The van der Waals surface area contributed by atoms with E-state index in [1.54, 1.807) is 65.2 Å². The zero-order valence-electron chi connectivity index (χ0n) is 63.5. The highest BCUT2D eigenvalue weighted by atomic mass is 16.3. The summed E-state index contributed by atoms with van der Waals surface area (Å²) in [6.45, 7) is -5.32. The second-order valence-electron chi connectivity index (χ2n) is 20.0. The highest BCUT2D eigenvalue weighted by Gasteiger charge is 2.30. The van der Waals surface area contributed by atoms with Crippen molar-refractivity contribution >= 4 is 11.0 Å². The fourth-order valence-corrected chi connectivity index (χ4v) is 7.94. The topological polar surface area (TPSA) is 50.9 Å². The Hall–Kier alpha value is -6.26. The van der Waals surface area contributed by atoms with Crippen LogP contribution < -0.4 is 0 Å². The van der Waals surface area contributed by atoms with Crippen LogP contribution in [0.25, 0.3) is 72.7 Å². The number of imidazole rings is 1. The van der Waals surface area contributed by atoms with E-state index in [0.29, 0.717) is 33.3 Å². The average molecular weight is 897 g/mol. The van der Waals surface area contributed by atoms with Crippen LogP contribution in [0.15, 0.2) is 139 Å². The SMILES string of the molecule is [2H]c1nc(-c2cc(-c3cccc4c3nc(-c3cc(C(C)(C)C)cc(C(C)(C)C)c3O)n4-c3ccc(C(C([2H])([2H])[2H])(C([2H])([2H])[2H])C([2H])([2H])[2H])cc3-c3ccccc3)cc(C(C)(C)C)c2)c([2H])c(-c2c([2H])c([2H])c(C(C([2H])([2H])[2H])(C([2H])([2H])[2H])C([2H])([2H])[2H])c([2H])c2[2H])c1[2H]. The average Bonchev–Trinajstić information content (AvgIpc) is 0.995. The van der Waals surface area contributed by atoms with E-state index in [1.165, 1.54) is 18.2 Å². The van der Waals surface area contributed by atoms with Crippen LogP contribution in [0.5, 0.6) is 5.75 Å². The van der Waals surface area contributed by atoms with E-state index in [-0.39, 0.29) is 45.2 Å². The minimum atomic E-state index is -3.98. The van der Waals surface area contributed by atoms with E-state index < -0.39 is 133 Å². The summed E-state index contributed by atoms with van der Waals surface area (Å²) in [7, 11) is 0. The van der Waals surface area contributed by atoms with Gasteiger partial charge >= 0.3 is 0 Å². The summed E-state index contributed by atoms with van der Waals surface area (Å²) in [5.74, 6) is -0.0111. The number of aromatic nitrogens is 3. The third-order valence-corrected chi connectivity index (χ3v) is 11.7. The molecule has 8 rings (SSSR count). The maximum atomic E-state index is 12.7. The first kappa shape index (κ1) is 24.5. The van der Waals surface area contributed by atoms with Gasteiger partial charge in [-0.15, -0.1) is 0 Å². The summed E-state index contributed by atoms with van der Waals surface area (Å²) < 4.78 is 219. The number of fused-ring (bicyclic) bond motifs is 1. The molecule has 338 valence electrons. The summed E-state index contributed by atoms with van der Waals surface area (Å²) >= 11 is 0. The second-order valence-corrected chi connectivity index (χ2v) is 20.0. The quantitative estimate of drug-likeness (QED) is 0.181. The molecule has 8 aromatic rings. The molecule has 0 bridgehead atoms. The Morgan fingerprint density at radius 3 is 1.79 bits per heavy atom. The van der Waals surface area contributed by atoms with Crippen LogP contribution in [0.4, 0.5) is 0 Å². The molecule has 6 aromatic carbocycles. The Kier molecular flexibility index (Phi) is 6.15. The molecule has 2 aromatic heterocycles. The molecule has 0 unspecified atom stereocenters. The predicted octanol–water partition coefficient (Wildman–Crippen LogP) is 16.9. The van der Waals surface area contributed by atoms with E-state index >= 15 is 0 Å². The molecule has 66 heavy (non-hydrogen) atoms. The van der Waals surface area contributed by atoms with Gasteiger partial charge < -0.3 is 5.11 Å². The molecule has 0 saturated carbocycles. The number of phenolic OH excluding ortho intramolecular Hbond substituents is 1. The first-order valence-electron chi connectivity index (χ1n) is 34.1. The lowest BCUT2D eigenvalue weighted by Crippen LogP contribution is -2.17. The van der Waals surface area contributed by atoms with Crippen LogP contribution in [0.3, 0.4) is 0 Å². The number of aromatic hydroxyl groups is 1. The standard InChI is InChI=1S/C62H69N3O/c1-58(2,3)44-26-24-39(25-27-44)41-30-31-63-52(35-41)43-32-42(33-46(34-43)60(7,8)9)48-22-19-23-54-55(48)64-57(50-37-47(61(10,11)12)38-51(56(50)66)62(13,14)15)65(54)53-29-28-45(59(4,5)6)36-49(53)40-20-17-16-18-21-40/h16-38,66H,1-15H3/i1D3,2D3,3D3,4D3,5D3,6D3,24D,25D,26D,27D,30D,31D,35D. The van der Waals surface area contributed by atoms with Crippen molar-refractivity contribution < 1.29 is 39.4 Å². The molecule has 4 nitrogen and oxygen atoms in total. The van der Waals surface area contributed by atoms with E-state index in [2.05, 4.69) is 4.98 Å². The van der Waals surface area contributed by atoms with Crippen LogP contribution >= 0.6 is 0 Å². The van der Waals surface area contributed by atoms with Gasteiger partial charge in [0.2, 0.25) is 0 Å². The van der Waals surface area contributed by atoms with Crippen LogP contribution in [-0.2, 0) is 27.1 Å². The largest absolute Gasteiger partial charge is 0.507 e. The zero-order chi connectivity index (χ0) is 68.8. The van der Waals surface area contributed by atoms with Crippen molar-refractivity contribution in [1.29, 1.82) is 0 Å². The summed E-state index contributed by atoms with van der Waals surface area (Å²) in [6.07, 6.45) is -0.821. The summed E-state index contributed by atoms with van der Waals surface area (Å²) in [4.78, 5) is 9.78. The van der Waals surface area contributed by atoms with E-state index in [4.69, 9.17) is 35.1 Å². The Labute approximate surface area is 430 Å². The number of pyridine rings is 1. The first-order valence-corrected chi connectivity index (χ1v) is 21.6. The predicted molar refractivity (Wildman–Crippen MR) is 281 cm³/mol. The number of hydrogen-bond acceptors (Lipinski definition) is 3. The number of rotatable bonds is 6. The van der Waals surface area contributed by atoms with Crippen molar-refractivity contribution in [3.8, 4) is 67.5 Å². The van der Waals surface area contributed by atoms with Crippen molar-refractivity contribution in [2.75, 3.05) is 0 Å². The molecule has 0 amide bonds. The van der Waals surface area contributed by atoms with E-state index in [9.17, 15) is 9.22 Å². The lowest BCUT2D eigenvalue weighted by Gasteiger charge is -2.28. The van der Waals surface area contributed by atoms with Gasteiger partial charge in [0.25, 0.3) is 0 Å². The van der Waals surface area contributed by atoms with Gasteiger partial charge in [0.1, 0.15) is 11.6 Å². The van der Waals surface area contributed by atoms with Crippen molar-refractivity contribution in [2.45, 2.75) is 130 Å². The zero-order valence-corrected chi connectivity index (χ0v) is 38.5. The molecule has 1 N–H and O–H groups in total. The normalized spacial score (nSPS) is 19.5. The highest BCUT2D eigenvalue weighted by Crippen LogP contribution is 2.46. The van der Waals surface area contributed by atoms with Crippen molar-refractivity contribution in [1.82, 2.24) is 14.5 Å². The van der Waals surface area contributed by atoms with Gasteiger partial charge in [-0.2, -0.15) is 0 Å². The highest BCUT2D eigenvalue weighted by molar-refractivity contribution is 5.98. The van der Waals surface area contributed by atoms with Gasteiger partial charge in [0.15, 0.2) is 0 Å². The van der Waals surface area contributed by atoms with Gasteiger partial charge in [0, 0.05) is 53.1 Å². The van der Waals surface area contributed by atoms with Crippen LogP contribution in [0.1, 0.15) is 166 Å². The van der Waals surface area contributed by atoms with Crippen LogP contribution in [-0.4, -0.2) is 19.6 Å². The first-order chi connectivity index (χ1) is 41.2. The summed E-state index contributed by atoms with van der Waals surface area (Å²) in [5, 5.41) is 12.7. The molecular weight excluding hydrogens is 803 g/mol. The van der Waals surface area contributed by atoms with Crippen LogP contribution in [0, 0.1) is 0 Å². The van der Waals surface area contributed by atoms with Gasteiger partial charge in [-0.25, -0.2) is 4.98 Å². The van der Waals surface area contributed by atoms with Crippen molar-refractivity contribution in [2.24, 2.45) is 0 Å². The van der Waals surface area contributed by atoms with Crippen molar-refractivity contribution in [3.05, 3.63) is 167 Å². The number of phenols is 1. The minimum Gasteiger partial charge on any atom is -0.507 e. The number of para-hydroxylation sites is 1. The van der Waals surface area contributed by atoms with Gasteiger partial charge in [0.05, 0.1) is 37.6 Å². The fraction of sp³-hybridized carbons (Fsp3) is 0.323.